The molecule has 0 radical (unpaired) electrons. The monoisotopic (exact) mass is 435 g/mol. The van der Waals surface area contributed by atoms with E-state index < -0.39 is 17.7 Å². The molecule has 3 heterocycles. The highest BCUT2D eigenvalue weighted by Crippen LogP contribution is 2.41. The second-order valence-electron chi connectivity index (χ2n) is 7.48. The quantitative estimate of drug-likeness (QED) is 0.399. The lowest BCUT2D eigenvalue weighted by atomic mass is 9.91. The number of nitrogens with zero attached hydrogens (tertiary/aromatic N) is 4. The molecule has 2 aromatic heterocycles. The minimum atomic E-state index is -0.902. The molecule has 1 aliphatic rings. The van der Waals surface area contributed by atoms with Crippen LogP contribution in [0.25, 0.3) is 15.7 Å². The molecule has 0 unspecified atom stereocenters. The summed E-state index contributed by atoms with van der Waals surface area (Å²) in [6, 6.07) is 9.52. The molecule has 5 nitrogen and oxygen atoms in total. The minimum absolute atomic E-state index is 0.179. The fourth-order valence-electron chi connectivity index (χ4n) is 4.21. The zero-order valence-corrected chi connectivity index (χ0v) is 17.2. The van der Waals surface area contributed by atoms with E-state index in [9.17, 15) is 4.39 Å². The van der Waals surface area contributed by atoms with Crippen molar-refractivity contribution in [3.63, 3.8) is 0 Å². The lowest BCUT2D eigenvalue weighted by Crippen LogP contribution is -2.38. The molecule has 0 spiro atoms. The van der Waals surface area contributed by atoms with Crippen molar-refractivity contribution < 1.29 is 8.78 Å². The van der Waals surface area contributed by atoms with Gasteiger partial charge in [0.25, 0.3) is 5.82 Å². The van der Waals surface area contributed by atoms with Crippen molar-refractivity contribution in [2.45, 2.75) is 19.4 Å². The average molecular weight is 436 g/mol. The number of hydrogen-bond acceptors (Lipinski definition) is 3. The zero-order chi connectivity index (χ0) is 21.7. The van der Waals surface area contributed by atoms with Crippen LogP contribution in [0, 0.1) is 25.1 Å². The maximum Gasteiger partial charge on any atom is 0.322 e. The van der Waals surface area contributed by atoms with E-state index in [-0.39, 0.29) is 16.9 Å². The van der Waals surface area contributed by atoms with E-state index >= 15 is 4.39 Å². The number of rotatable bonds is 2. The van der Waals surface area contributed by atoms with Crippen LogP contribution in [0.2, 0.25) is 5.02 Å². The van der Waals surface area contributed by atoms with Gasteiger partial charge in [0.15, 0.2) is 11.6 Å². The molecule has 8 heteroatoms. The molecule has 2 aromatic carbocycles. The highest BCUT2D eigenvalue weighted by atomic mass is 35.5. The number of nitrogens with one attached hydrogen (secondary N) is 1. The van der Waals surface area contributed by atoms with Crippen LogP contribution in [-0.4, -0.2) is 21.5 Å². The lowest BCUT2D eigenvalue weighted by Gasteiger charge is -2.35. The largest absolute Gasteiger partial charge is 0.360 e. The number of H-pyrrole nitrogens is 1. The molecule has 0 saturated heterocycles. The Kier molecular flexibility index (Phi) is 4.60. The molecule has 1 N–H and O–H groups in total. The number of fused-ring (bicyclic) bond motifs is 3. The summed E-state index contributed by atoms with van der Waals surface area (Å²) < 4.78 is 29.7. The molecule has 1 aliphatic heterocycles. The Morgan fingerprint density at radius 1 is 1.19 bits per heavy atom. The molecule has 4 aromatic rings. The number of halogens is 3. The van der Waals surface area contributed by atoms with Crippen molar-refractivity contribution in [3.05, 3.63) is 93.1 Å². The van der Waals surface area contributed by atoms with Gasteiger partial charge in [-0.25, -0.2) is 13.8 Å². The third-order valence-corrected chi connectivity index (χ3v) is 5.92. The van der Waals surface area contributed by atoms with Crippen LogP contribution in [0.4, 0.5) is 20.5 Å². The Morgan fingerprint density at radius 3 is 2.84 bits per heavy atom. The van der Waals surface area contributed by atoms with Gasteiger partial charge in [0.1, 0.15) is 6.04 Å². The van der Waals surface area contributed by atoms with E-state index in [2.05, 4.69) is 19.8 Å². The smallest absolute Gasteiger partial charge is 0.322 e. The fourth-order valence-corrected chi connectivity index (χ4v) is 4.38. The van der Waals surface area contributed by atoms with Gasteiger partial charge in [-0.05, 0) is 48.7 Å². The van der Waals surface area contributed by atoms with Crippen LogP contribution in [-0.2, 0) is 6.42 Å². The number of aromatic amines is 1. The van der Waals surface area contributed by atoms with Crippen molar-refractivity contribution in [3.8, 4) is 0 Å². The first-order valence-corrected chi connectivity index (χ1v) is 10.1. The molecule has 0 aliphatic carbocycles. The summed E-state index contributed by atoms with van der Waals surface area (Å²) >= 11 is 6.21. The van der Waals surface area contributed by atoms with Gasteiger partial charge in [0, 0.05) is 39.9 Å². The van der Waals surface area contributed by atoms with Crippen LogP contribution in [0.3, 0.4) is 0 Å². The van der Waals surface area contributed by atoms with Crippen LogP contribution >= 0.6 is 11.6 Å². The van der Waals surface area contributed by atoms with Crippen molar-refractivity contribution >= 4 is 34.3 Å². The predicted octanol–water partition coefficient (Wildman–Crippen LogP) is 5.90. The molecule has 0 bridgehead atoms. The second kappa shape index (κ2) is 7.33. The van der Waals surface area contributed by atoms with Crippen molar-refractivity contribution in [1.82, 2.24) is 15.0 Å². The predicted molar refractivity (Wildman–Crippen MR) is 116 cm³/mol. The SMILES string of the molecule is [C-]#[N+]c1ccnc(N2CCc3c([nH]c4ccc(Cl)cc34)[C@H]2c2ccc(C)c(F)c2F)n1. The van der Waals surface area contributed by atoms with Gasteiger partial charge < -0.3 is 14.7 Å². The van der Waals surface area contributed by atoms with Gasteiger partial charge >= 0.3 is 5.95 Å². The first kappa shape index (κ1) is 19.5. The van der Waals surface area contributed by atoms with E-state index in [1.807, 2.05) is 12.1 Å². The number of hydrogen-bond donors (Lipinski definition) is 1. The maximum atomic E-state index is 15.2. The van der Waals surface area contributed by atoms with Crippen LogP contribution < -0.4 is 4.90 Å². The molecule has 31 heavy (non-hydrogen) atoms. The van der Waals surface area contributed by atoms with Gasteiger partial charge in [-0.3, -0.25) is 0 Å². The Balaban J connectivity index is 1.76. The first-order valence-electron chi connectivity index (χ1n) is 9.69. The third kappa shape index (κ3) is 3.11. The summed E-state index contributed by atoms with van der Waals surface area (Å²) in [7, 11) is 0. The molecule has 5 rings (SSSR count). The van der Waals surface area contributed by atoms with Crippen LogP contribution in [0.5, 0.6) is 0 Å². The molecule has 0 amide bonds. The fraction of sp³-hybridized carbons (Fsp3) is 0.174. The van der Waals surface area contributed by atoms with Crippen molar-refractivity contribution in [2.75, 3.05) is 11.4 Å². The highest BCUT2D eigenvalue weighted by Gasteiger charge is 2.37. The number of aryl methyl sites for hydroxylation is 1. The van der Waals surface area contributed by atoms with Gasteiger partial charge in [0.2, 0.25) is 0 Å². The van der Waals surface area contributed by atoms with Crippen LogP contribution in [0.15, 0.2) is 42.6 Å². The third-order valence-electron chi connectivity index (χ3n) is 5.69. The Bertz CT molecular complexity index is 1370. The summed E-state index contributed by atoms with van der Waals surface area (Å²) in [5.74, 6) is -1.30. The summed E-state index contributed by atoms with van der Waals surface area (Å²) in [5.41, 5.74) is 3.02. The summed E-state index contributed by atoms with van der Waals surface area (Å²) in [6.45, 7) is 9.25. The first-order chi connectivity index (χ1) is 15.0. The second-order valence-corrected chi connectivity index (χ2v) is 7.92. The van der Waals surface area contributed by atoms with E-state index in [1.54, 1.807) is 23.1 Å². The summed E-state index contributed by atoms with van der Waals surface area (Å²) in [5, 5.41) is 1.56. The Labute approximate surface area is 182 Å². The van der Waals surface area contributed by atoms with E-state index in [4.69, 9.17) is 18.2 Å². The normalized spacial score (nSPS) is 15.7. The topological polar surface area (TPSA) is 49.2 Å². The van der Waals surface area contributed by atoms with Gasteiger partial charge in [-0.2, -0.15) is 0 Å². The van der Waals surface area contributed by atoms with Crippen LogP contribution in [0.1, 0.15) is 28.4 Å². The summed E-state index contributed by atoms with van der Waals surface area (Å²) in [6.07, 6.45) is 2.13. The average Bonchev–Trinajstić information content (AvgIpc) is 3.15. The minimum Gasteiger partial charge on any atom is -0.360 e. The van der Waals surface area contributed by atoms with E-state index in [0.29, 0.717) is 23.9 Å². The Hall–Kier alpha value is -3.50. The van der Waals surface area contributed by atoms with Gasteiger partial charge in [0.05, 0.1) is 0 Å². The Morgan fingerprint density at radius 2 is 2.03 bits per heavy atom. The number of aromatic nitrogens is 3. The summed E-state index contributed by atoms with van der Waals surface area (Å²) in [4.78, 5) is 17.2. The molecular weight excluding hydrogens is 420 g/mol. The standard InChI is InChI=1S/C23H16ClF2N5/c1-12-3-5-15(20(26)19(12)25)22-21-14(16-11-13(24)4-6-17(16)29-21)8-10-31(22)23-28-9-7-18(27-2)30-23/h3-7,9,11,22,29H,8,10H2,1H3/t22-/m1/s1. The molecule has 0 fully saturated rings. The highest BCUT2D eigenvalue weighted by molar-refractivity contribution is 6.31. The van der Waals surface area contributed by atoms with Crippen molar-refractivity contribution in [1.29, 1.82) is 0 Å². The van der Waals surface area contributed by atoms with Gasteiger partial charge in [-0.1, -0.05) is 35.3 Å². The van der Waals surface area contributed by atoms with Crippen molar-refractivity contribution in [2.24, 2.45) is 0 Å². The molecule has 154 valence electrons. The maximum absolute atomic E-state index is 15.2. The lowest BCUT2D eigenvalue weighted by molar-refractivity contribution is 0.481. The van der Waals surface area contributed by atoms with Gasteiger partial charge in [-0.15, -0.1) is 0 Å². The molecular formula is C23H16ClF2N5. The number of benzene rings is 2. The molecule has 1 atom stereocenters. The van der Waals surface area contributed by atoms with E-state index in [0.717, 1.165) is 22.2 Å². The molecule has 0 saturated carbocycles. The number of anilines is 1. The van der Waals surface area contributed by atoms with E-state index in [1.165, 1.54) is 19.2 Å². The zero-order valence-electron chi connectivity index (χ0n) is 16.5.